The van der Waals surface area contributed by atoms with Crippen molar-refractivity contribution < 1.29 is 9.84 Å². The molecule has 96 valence electrons. The van der Waals surface area contributed by atoms with E-state index in [1.54, 1.807) is 0 Å². The molecule has 0 radical (unpaired) electrons. The molecule has 0 bridgehead atoms. The molecule has 2 saturated carbocycles. The minimum Gasteiger partial charge on any atom is -0.493 e. The molecule has 2 nitrogen and oxygen atoms in total. The zero-order chi connectivity index (χ0) is 12.1. The predicted molar refractivity (Wildman–Crippen MR) is 69.5 cm³/mol. The summed E-state index contributed by atoms with van der Waals surface area (Å²) < 4.78 is 5.52. The van der Waals surface area contributed by atoms with E-state index in [9.17, 15) is 5.11 Å². The topological polar surface area (TPSA) is 29.5 Å². The molecule has 1 N–H and O–H groups in total. The Hall–Kier alpha value is -1.02. The summed E-state index contributed by atoms with van der Waals surface area (Å²) in [5.74, 6) is 3.16. The lowest BCUT2D eigenvalue weighted by Crippen LogP contribution is -2.02. The maximum Gasteiger partial charge on any atom is 0.122 e. The number of fused-ring (bicyclic) bond motifs is 2. The van der Waals surface area contributed by atoms with Crippen LogP contribution in [0.5, 0.6) is 5.75 Å². The highest BCUT2D eigenvalue weighted by atomic mass is 16.5. The Morgan fingerprint density at radius 3 is 2.72 bits per heavy atom. The van der Waals surface area contributed by atoms with Gasteiger partial charge in [0.05, 0.1) is 12.7 Å². The second-order valence-corrected chi connectivity index (χ2v) is 6.10. The van der Waals surface area contributed by atoms with Gasteiger partial charge >= 0.3 is 0 Å². The third-order valence-electron chi connectivity index (χ3n) is 5.14. The van der Waals surface area contributed by atoms with Gasteiger partial charge in [0.2, 0.25) is 0 Å². The first-order valence-corrected chi connectivity index (χ1v) is 7.28. The molecule has 2 aliphatic carbocycles. The lowest BCUT2D eigenvalue weighted by molar-refractivity contribution is 0.142. The van der Waals surface area contributed by atoms with Crippen LogP contribution in [0.4, 0.5) is 0 Å². The molecule has 18 heavy (non-hydrogen) atoms. The van der Waals surface area contributed by atoms with Crippen LogP contribution in [0.2, 0.25) is 0 Å². The summed E-state index contributed by atoms with van der Waals surface area (Å²) in [7, 11) is 0. The van der Waals surface area contributed by atoms with E-state index < -0.39 is 0 Å². The van der Waals surface area contributed by atoms with Crippen molar-refractivity contribution in [3.8, 4) is 5.75 Å². The van der Waals surface area contributed by atoms with Gasteiger partial charge in [0.1, 0.15) is 5.75 Å². The minimum absolute atomic E-state index is 0.246. The number of aliphatic hydroxyl groups is 1. The Morgan fingerprint density at radius 2 is 1.94 bits per heavy atom. The predicted octanol–water partition coefficient (Wildman–Crippen LogP) is 3.09. The molecular weight excluding hydrogens is 224 g/mol. The standard InChI is InChI=1S/C16H20O2/c17-16(15-12-3-1-2-4-13(12)15)11-5-6-14-10(9-11)7-8-18-14/h5-6,9,12-13,15-17H,1-4,7-8H2. The molecule has 3 unspecified atom stereocenters. The van der Waals surface area contributed by atoms with Crippen molar-refractivity contribution in [3.05, 3.63) is 29.3 Å². The summed E-state index contributed by atoms with van der Waals surface area (Å²) in [5, 5.41) is 10.6. The van der Waals surface area contributed by atoms with Crippen LogP contribution in [0.1, 0.15) is 42.9 Å². The first-order valence-electron chi connectivity index (χ1n) is 7.28. The first-order chi connectivity index (χ1) is 8.84. The number of benzene rings is 1. The maximum absolute atomic E-state index is 10.6. The van der Waals surface area contributed by atoms with Gasteiger partial charge in [-0.05, 0) is 53.9 Å². The van der Waals surface area contributed by atoms with Crippen LogP contribution in [0.15, 0.2) is 18.2 Å². The van der Waals surface area contributed by atoms with Crippen LogP contribution in [0.25, 0.3) is 0 Å². The van der Waals surface area contributed by atoms with E-state index >= 15 is 0 Å². The van der Waals surface area contributed by atoms with Crippen molar-refractivity contribution in [1.82, 2.24) is 0 Å². The Morgan fingerprint density at radius 1 is 1.17 bits per heavy atom. The Bertz CT molecular complexity index is 456. The molecule has 4 rings (SSSR count). The lowest BCUT2D eigenvalue weighted by Gasteiger charge is -2.12. The van der Waals surface area contributed by atoms with Gasteiger partial charge in [-0.15, -0.1) is 0 Å². The van der Waals surface area contributed by atoms with Crippen LogP contribution in [-0.4, -0.2) is 11.7 Å². The average Bonchev–Trinajstić information content (AvgIpc) is 2.95. The maximum atomic E-state index is 10.6. The Kier molecular flexibility index (Phi) is 2.41. The molecule has 0 spiro atoms. The van der Waals surface area contributed by atoms with E-state index in [0.29, 0.717) is 5.92 Å². The van der Waals surface area contributed by atoms with E-state index in [4.69, 9.17) is 4.74 Å². The molecule has 1 aliphatic heterocycles. The van der Waals surface area contributed by atoms with Gasteiger partial charge in [0.15, 0.2) is 0 Å². The van der Waals surface area contributed by atoms with Crippen molar-refractivity contribution in [1.29, 1.82) is 0 Å². The fourth-order valence-electron chi connectivity index (χ4n) is 4.13. The molecule has 3 aliphatic rings. The number of hydrogen-bond donors (Lipinski definition) is 1. The Balaban J connectivity index is 1.56. The fraction of sp³-hybridized carbons (Fsp3) is 0.625. The van der Waals surface area contributed by atoms with Crippen LogP contribution in [0.3, 0.4) is 0 Å². The van der Waals surface area contributed by atoms with Crippen molar-refractivity contribution in [2.75, 3.05) is 6.61 Å². The lowest BCUT2D eigenvalue weighted by atomic mass is 10.00. The molecule has 0 amide bonds. The highest BCUT2D eigenvalue weighted by Gasteiger charge is 2.54. The second kappa shape index (κ2) is 3.99. The van der Waals surface area contributed by atoms with Crippen LogP contribution >= 0.6 is 0 Å². The van der Waals surface area contributed by atoms with E-state index in [0.717, 1.165) is 36.2 Å². The van der Waals surface area contributed by atoms with Gasteiger partial charge in [-0.1, -0.05) is 18.9 Å². The summed E-state index contributed by atoms with van der Waals surface area (Å²) in [5.41, 5.74) is 2.38. The normalized spacial score (nSPS) is 34.4. The summed E-state index contributed by atoms with van der Waals surface area (Å²) in [6.45, 7) is 0.795. The summed E-state index contributed by atoms with van der Waals surface area (Å²) >= 11 is 0. The van der Waals surface area contributed by atoms with Crippen molar-refractivity contribution in [2.24, 2.45) is 17.8 Å². The third kappa shape index (κ3) is 1.58. The van der Waals surface area contributed by atoms with Crippen molar-refractivity contribution in [3.63, 3.8) is 0 Å². The van der Waals surface area contributed by atoms with Crippen molar-refractivity contribution in [2.45, 2.75) is 38.2 Å². The molecule has 1 aromatic carbocycles. The third-order valence-corrected chi connectivity index (χ3v) is 5.14. The van der Waals surface area contributed by atoms with Crippen molar-refractivity contribution >= 4 is 0 Å². The quantitative estimate of drug-likeness (QED) is 0.866. The molecule has 2 fully saturated rings. The minimum atomic E-state index is -0.246. The van der Waals surface area contributed by atoms with Crippen LogP contribution in [0, 0.1) is 17.8 Å². The monoisotopic (exact) mass is 244 g/mol. The molecule has 3 atom stereocenters. The van der Waals surface area contributed by atoms with Crippen LogP contribution < -0.4 is 4.74 Å². The smallest absolute Gasteiger partial charge is 0.122 e. The SMILES string of the molecule is OC(c1ccc2c(c1)CCO2)C1C2CCCCC21. The number of aliphatic hydroxyl groups excluding tert-OH is 1. The summed E-state index contributed by atoms with van der Waals surface area (Å²) in [6.07, 6.45) is 6.14. The van der Waals surface area contributed by atoms with Gasteiger partial charge in [-0.2, -0.15) is 0 Å². The molecule has 1 heterocycles. The van der Waals surface area contributed by atoms with Gasteiger partial charge < -0.3 is 9.84 Å². The second-order valence-electron chi connectivity index (χ2n) is 6.10. The average molecular weight is 244 g/mol. The molecule has 1 aromatic rings. The van der Waals surface area contributed by atoms with Crippen LogP contribution in [-0.2, 0) is 6.42 Å². The van der Waals surface area contributed by atoms with Gasteiger partial charge in [-0.3, -0.25) is 0 Å². The summed E-state index contributed by atoms with van der Waals surface area (Å²) in [6, 6.07) is 6.25. The fourth-order valence-corrected chi connectivity index (χ4v) is 4.13. The van der Waals surface area contributed by atoms with E-state index in [1.165, 1.54) is 31.2 Å². The van der Waals surface area contributed by atoms with E-state index in [-0.39, 0.29) is 6.10 Å². The molecule has 0 saturated heterocycles. The zero-order valence-electron chi connectivity index (χ0n) is 10.6. The molecule has 0 aromatic heterocycles. The van der Waals surface area contributed by atoms with Gasteiger partial charge in [-0.25, -0.2) is 0 Å². The highest BCUT2D eigenvalue weighted by Crippen LogP contribution is 2.60. The summed E-state index contributed by atoms with van der Waals surface area (Å²) in [4.78, 5) is 0. The number of ether oxygens (including phenoxy) is 1. The largest absolute Gasteiger partial charge is 0.493 e. The highest BCUT2D eigenvalue weighted by molar-refractivity contribution is 5.41. The van der Waals surface area contributed by atoms with Gasteiger partial charge in [0.25, 0.3) is 0 Å². The molecule has 2 heteroatoms. The van der Waals surface area contributed by atoms with E-state index in [1.807, 2.05) is 6.07 Å². The zero-order valence-corrected chi connectivity index (χ0v) is 10.6. The molecular formula is C16H20O2. The number of hydrogen-bond acceptors (Lipinski definition) is 2. The Labute approximate surface area is 108 Å². The number of rotatable bonds is 2. The van der Waals surface area contributed by atoms with Gasteiger partial charge in [0, 0.05) is 6.42 Å². The van der Waals surface area contributed by atoms with E-state index in [2.05, 4.69) is 12.1 Å². The first kappa shape index (κ1) is 10.9.